The number of rotatable bonds is 3. The molecule has 0 radical (unpaired) electrons. The number of likely N-dealkylation sites (tertiary alicyclic amines) is 1. The van der Waals surface area contributed by atoms with Gasteiger partial charge in [-0.25, -0.2) is 4.39 Å². The molecule has 1 fully saturated rings. The van der Waals surface area contributed by atoms with Gasteiger partial charge in [0.25, 0.3) is 5.91 Å². The standard InChI is InChI=1S/C19H15ClFN3O2/c20-14-11-13(8-9-15(14)21)19(25)24-10-4-7-16(24)18-22-17(23-26-18)12-5-2-1-3-6-12/h1-3,5-6,8-9,11,16H,4,7,10H2/t16-/m1/s1. The first-order valence-electron chi connectivity index (χ1n) is 8.28. The summed E-state index contributed by atoms with van der Waals surface area (Å²) in [5.74, 6) is 0.118. The van der Waals surface area contributed by atoms with Gasteiger partial charge in [0, 0.05) is 17.7 Å². The van der Waals surface area contributed by atoms with Crippen LogP contribution in [0.5, 0.6) is 0 Å². The summed E-state index contributed by atoms with van der Waals surface area (Å²) in [6.45, 7) is 0.571. The number of carbonyl (C=O) groups is 1. The molecule has 0 aliphatic carbocycles. The largest absolute Gasteiger partial charge is 0.337 e. The zero-order chi connectivity index (χ0) is 18.1. The molecule has 5 nitrogen and oxygen atoms in total. The van der Waals surface area contributed by atoms with Crippen molar-refractivity contribution in [3.63, 3.8) is 0 Å². The number of nitrogens with zero attached hydrogens (tertiary/aromatic N) is 3. The molecule has 132 valence electrons. The summed E-state index contributed by atoms with van der Waals surface area (Å²) in [6, 6.07) is 13.2. The fraction of sp³-hybridized carbons (Fsp3) is 0.211. The lowest BCUT2D eigenvalue weighted by atomic mass is 10.1. The fourth-order valence-corrected chi connectivity index (χ4v) is 3.32. The Balaban J connectivity index is 1.60. The minimum Gasteiger partial charge on any atom is -0.337 e. The maximum absolute atomic E-state index is 13.4. The van der Waals surface area contributed by atoms with Crippen LogP contribution < -0.4 is 0 Å². The molecule has 1 atom stereocenters. The lowest BCUT2D eigenvalue weighted by Crippen LogP contribution is -2.30. The van der Waals surface area contributed by atoms with Crippen LogP contribution in [0.15, 0.2) is 53.1 Å². The van der Waals surface area contributed by atoms with Gasteiger partial charge in [-0.1, -0.05) is 47.1 Å². The van der Waals surface area contributed by atoms with Crippen molar-refractivity contribution >= 4 is 17.5 Å². The van der Waals surface area contributed by atoms with Gasteiger partial charge >= 0.3 is 0 Å². The summed E-state index contributed by atoms with van der Waals surface area (Å²) in [5, 5.41) is 3.96. The van der Waals surface area contributed by atoms with Gasteiger partial charge in [0.1, 0.15) is 11.9 Å². The highest BCUT2D eigenvalue weighted by molar-refractivity contribution is 6.31. The van der Waals surface area contributed by atoms with Crippen molar-refractivity contribution in [2.75, 3.05) is 6.54 Å². The molecule has 1 saturated heterocycles. The van der Waals surface area contributed by atoms with Crippen LogP contribution in [0.4, 0.5) is 4.39 Å². The first-order chi connectivity index (χ1) is 12.6. The Bertz CT molecular complexity index is 945. The quantitative estimate of drug-likeness (QED) is 0.679. The molecule has 0 N–H and O–H groups in total. The number of amides is 1. The van der Waals surface area contributed by atoms with E-state index in [1.54, 1.807) is 4.90 Å². The highest BCUT2D eigenvalue weighted by atomic mass is 35.5. The van der Waals surface area contributed by atoms with E-state index in [9.17, 15) is 9.18 Å². The van der Waals surface area contributed by atoms with Gasteiger partial charge in [0.2, 0.25) is 11.7 Å². The van der Waals surface area contributed by atoms with Gasteiger partial charge < -0.3 is 9.42 Å². The first kappa shape index (κ1) is 16.7. The zero-order valence-corrected chi connectivity index (χ0v) is 14.5. The number of hydrogen-bond acceptors (Lipinski definition) is 4. The Morgan fingerprint density at radius 2 is 2.04 bits per heavy atom. The van der Waals surface area contributed by atoms with Gasteiger partial charge in [-0.05, 0) is 31.0 Å². The van der Waals surface area contributed by atoms with Crippen LogP contribution in [-0.2, 0) is 0 Å². The number of carbonyl (C=O) groups excluding carboxylic acids is 1. The molecule has 1 aliphatic rings. The third-order valence-electron chi connectivity index (χ3n) is 4.44. The number of hydrogen-bond donors (Lipinski definition) is 0. The van der Waals surface area contributed by atoms with E-state index in [2.05, 4.69) is 10.1 Å². The molecule has 1 amide bonds. The Morgan fingerprint density at radius 3 is 2.81 bits per heavy atom. The minimum absolute atomic E-state index is 0.0734. The van der Waals surface area contributed by atoms with E-state index in [-0.39, 0.29) is 17.0 Å². The number of benzene rings is 2. The molecule has 1 aromatic heterocycles. The van der Waals surface area contributed by atoms with E-state index in [0.717, 1.165) is 18.4 Å². The van der Waals surface area contributed by atoms with Crippen molar-refractivity contribution in [2.45, 2.75) is 18.9 Å². The third-order valence-corrected chi connectivity index (χ3v) is 4.73. The van der Waals surface area contributed by atoms with Gasteiger partial charge in [0.15, 0.2) is 0 Å². The topological polar surface area (TPSA) is 59.2 Å². The Hall–Kier alpha value is -2.73. The second-order valence-corrected chi connectivity index (χ2v) is 6.51. The van der Waals surface area contributed by atoms with E-state index >= 15 is 0 Å². The van der Waals surface area contributed by atoms with E-state index < -0.39 is 5.82 Å². The molecule has 0 unspecified atom stereocenters. The monoisotopic (exact) mass is 371 g/mol. The molecule has 3 aromatic rings. The predicted octanol–water partition coefficient (Wildman–Crippen LogP) is 4.51. The van der Waals surface area contributed by atoms with Gasteiger partial charge in [-0.2, -0.15) is 4.98 Å². The summed E-state index contributed by atoms with van der Waals surface area (Å²) >= 11 is 5.80. The zero-order valence-electron chi connectivity index (χ0n) is 13.7. The second-order valence-electron chi connectivity index (χ2n) is 6.11. The molecule has 7 heteroatoms. The summed E-state index contributed by atoms with van der Waals surface area (Å²) < 4.78 is 18.8. The first-order valence-corrected chi connectivity index (χ1v) is 8.66. The van der Waals surface area contributed by atoms with Crippen LogP contribution in [0.2, 0.25) is 5.02 Å². The van der Waals surface area contributed by atoms with Crippen LogP contribution in [0.25, 0.3) is 11.4 Å². The van der Waals surface area contributed by atoms with Gasteiger partial charge in [-0.3, -0.25) is 4.79 Å². The number of halogens is 2. The van der Waals surface area contributed by atoms with Crippen molar-refractivity contribution in [1.29, 1.82) is 0 Å². The predicted molar refractivity (Wildman–Crippen MR) is 94.2 cm³/mol. The average molecular weight is 372 g/mol. The smallest absolute Gasteiger partial charge is 0.254 e. The van der Waals surface area contributed by atoms with Crippen molar-refractivity contribution < 1.29 is 13.7 Å². The average Bonchev–Trinajstić information content (AvgIpc) is 3.33. The molecular weight excluding hydrogens is 357 g/mol. The van der Waals surface area contributed by atoms with Crippen LogP contribution in [0.3, 0.4) is 0 Å². The van der Waals surface area contributed by atoms with Crippen molar-refractivity contribution in [3.8, 4) is 11.4 Å². The summed E-state index contributed by atoms with van der Waals surface area (Å²) in [4.78, 5) is 19.0. The molecule has 0 saturated carbocycles. The number of aromatic nitrogens is 2. The highest BCUT2D eigenvalue weighted by Gasteiger charge is 2.34. The molecule has 0 spiro atoms. The SMILES string of the molecule is O=C(c1ccc(F)c(Cl)c1)N1CCC[C@@H]1c1nc(-c2ccccc2)no1. The van der Waals surface area contributed by atoms with E-state index in [1.807, 2.05) is 30.3 Å². The van der Waals surface area contributed by atoms with E-state index in [4.69, 9.17) is 16.1 Å². The third kappa shape index (κ3) is 3.08. The second kappa shape index (κ2) is 6.88. The fourth-order valence-electron chi connectivity index (χ4n) is 3.14. The molecule has 26 heavy (non-hydrogen) atoms. The summed E-state index contributed by atoms with van der Waals surface area (Å²) in [6.07, 6.45) is 1.56. The van der Waals surface area contributed by atoms with Crippen LogP contribution in [-0.4, -0.2) is 27.5 Å². The van der Waals surface area contributed by atoms with Gasteiger partial charge in [-0.15, -0.1) is 0 Å². The Labute approximate surface area is 154 Å². The molecule has 4 rings (SSSR count). The van der Waals surface area contributed by atoms with E-state index in [0.29, 0.717) is 23.8 Å². The Kier molecular flexibility index (Phi) is 4.42. The molecule has 1 aliphatic heterocycles. The summed E-state index contributed by atoms with van der Waals surface area (Å²) in [7, 11) is 0. The van der Waals surface area contributed by atoms with Crippen molar-refractivity contribution in [2.24, 2.45) is 0 Å². The molecular formula is C19H15ClFN3O2. The van der Waals surface area contributed by atoms with Crippen LogP contribution >= 0.6 is 11.6 Å². The minimum atomic E-state index is -0.550. The normalized spacial score (nSPS) is 16.8. The summed E-state index contributed by atoms with van der Waals surface area (Å²) in [5.41, 5.74) is 1.19. The van der Waals surface area contributed by atoms with Crippen molar-refractivity contribution in [3.05, 3.63) is 70.8 Å². The molecule has 2 heterocycles. The molecule has 0 bridgehead atoms. The lowest BCUT2D eigenvalue weighted by Gasteiger charge is -2.22. The van der Waals surface area contributed by atoms with Crippen LogP contribution in [0.1, 0.15) is 35.1 Å². The Morgan fingerprint density at radius 1 is 1.23 bits per heavy atom. The maximum Gasteiger partial charge on any atom is 0.254 e. The van der Waals surface area contributed by atoms with Crippen molar-refractivity contribution in [1.82, 2.24) is 15.0 Å². The highest BCUT2D eigenvalue weighted by Crippen LogP contribution is 2.33. The van der Waals surface area contributed by atoms with Crippen LogP contribution in [0, 0.1) is 5.82 Å². The van der Waals surface area contributed by atoms with Gasteiger partial charge in [0.05, 0.1) is 5.02 Å². The maximum atomic E-state index is 13.4. The van der Waals surface area contributed by atoms with E-state index in [1.165, 1.54) is 18.2 Å². The lowest BCUT2D eigenvalue weighted by molar-refractivity contribution is 0.0710. The molecule has 2 aromatic carbocycles.